The molecule has 0 aliphatic heterocycles. The summed E-state index contributed by atoms with van der Waals surface area (Å²) in [6, 6.07) is 11.4. The first-order valence-corrected chi connectivity index (χ1v) is 6.74. The number of aromatic nitrogens is 1. The minimum absolute atomic E-state index is 0.184. The lowest BCUT2D eigenvalue weighted by molar-refractivity contribution is 0.103. The molecule has 106 valence electrons. The number of carbonyl (C=O) groups is 1. The number of nitrogens with one attached hydrogen (secondary N) is 1. The molecule has 0 spiro atoms. The molecular weight excluding hydrogens is 269 g/mol. The molecule has 1 N–H and O–H groups in total. The van der Waals surface area contributed by atoms with Crippen LogP contribution < -0.4 is 4.74 Å². The van der Waals surface area contributed by atoms with E-state index in [1.807, 2.05) is 13.0 Å². The number of H-pyrrole nitrogens is 1. The lowest BCUT2D eigenvalue weighted by Gasteiger charge is -2.08. The first-order chi connectivity index (χ1) is 10.2. The highest BCUT2D eigenvalue weighted by atomic mass is 19.1. The SMILES string of the molecule is CCOc1ccccc1C(=O)c1c[nH]c2ccc(F)cc12. The Morgan fingerprint density at radius 2 is 2.00 bits per heavy atom. The average Bonchev–Trinajstić information content (AvgIpc) is 2.90. The van der Waals surface area contributed by atoms with E-state index in [2.05, 4.69) is 4.98 Å². The van der Waals surface area contributed by atoms with Gasteiger partial charge in [-0.25, -0.2) is 4.39 Å². The molecule has 21 heavy (non-hydrogen) atoms. The van der Waals surface area contributed by atoms with Crippen molar-refractivity contribution in [1.82, 2.24) is 4.98 Å². The first-order valence-electron chi connectivity index (χ1n) is 6.74. The van der Waals surface area contributed by atoms with Crippen molar-refractivity contribution in [2.75, 3.05) is 6.61 Å². The summed E-state index contributed by atoms with van der Waals surface area (Å²) in [6.07, 6.45) is 1.61. The van der Waals surface area contributed by atoms with Crippen LogP contribution >= 0.6 is 0 Å². The number of rotatable bonds is 4. The highest BCUT2D eigenvalue weighted by Crippen LogP contribution is 2.26. The molecule has 0 saturated carbocycles. The van der Waals surface area contributed by atoms with Crippen LogP contribution in [0.25, 0.3) is 10.9 Å². The van der Waals surface area contributed by atoms with Gasteiger partial charge in [0.05, 0.1) is 12.2 Å². The predicted octanol–water partition coefficient (Wildman–Crippen LogP) is 3.94. The fourth-order valence-corrected chi connectivity index (χ4v) is 2.36. The molecule has 3 nitrogen and oxygen atoms in total. The van der Waals surface area contributed by atoms with E-state index in [1.165, 1.54) is 12.1 Å². The van der Waals surface area contributed by atoms with E-state index >= 15 is 0 Å². The topological polar surface area (TPSA) is 42.1 Å². The van der Waals surface area contributed by atoms with E-state index in [9.17, 15) is 9.18 Å². The molecule has 0 radical (unpaired) electrons. The maximum Gasteiger partial charge on any atom is 0.198 e. The number of aromatic amines is 1. The Labute approximate surface area is 121 Å². The predicted molar refractivity (Wildman–Crippen MR) is 79.3 cm³/mol. The van der Waals surface area contributed by atoms with E-state index in [0.717, 1.165) is 5.52 Å². The lowest BCUT2D eigenvalue weighted by Crippen LogP contribution is -2.04. The third-order valence-corrected chi connectivity index (χ3v) is 3.32. The average molecular weight is 283 g/mol. The van der Waals surface area contributed by atoms with Crippen LogP contribution in [0.1, 0.15) is 22.8 Å². The van der Waals surface area contributed by atoms with E-state index in [-0.39, 0.29) is 11.6 Å². The maximum atomic E-state index is 13.4. The second-order valence-corrected chi connectivity index (χ2v) is 4.65. The van der Waals surface area contributed by atoms with Gasteiger partial charge in [0.2, 0.25) is 0 Å². The molecule has 0 atom stereocenters. The first kappa shape index (κ1) is 13.4. The Morgan fingerprint density at radius 1 is 1.19 bits per heavy atom. The standard InChI is InChI=1S/C17H14FNO2/c1-2-21-16-6-4-3-5-12(16)17(20)14-10-19-15-8-7-11(18)9-13(14)15/h3-10,19H,2H2,1H3. The van der Waals surface area contributed by atoms with Crippen LogP contribution in [0.4, 0.5) is 4.39 Å². The van der Waals surface area contributed by atoms with Gasteiger partial charge in [-0.1, -0.05) is 12.1 Å². The zero-order valence-electron chi connectivity index (χ0n) is 11.5. The lowest BCUT2D eigenvalue weighted by atomic mass is 10.0. The van der Waals surface area contributed by atoms with Crippen molar-refractivity contribution in [2.45, 2.75) is 6.92 Å². The largest absolute Gasteiger partial charge is 0.493 e. The number of hydrogen-bond acceptors (Lipinski definition) is 2. The fourth-order valence-electron chi connectivity index (χ4n) is 2.36. The van der Waals surface area contributed by atoms with Gasteiger partial charge >= 0.3 is 0 Å². The van der Waals surface area contributed by atoms with Crippen LogP contribution in [0.5, 0.6) is 5.75 Å². The van der Waals surface area contributed by atoms with E-state index in [0.29, 0.717) is 28.9 Å². The van der Waals surface area contributed by atoms with Gasteiger partial charge in [-0.2, -0.15) is 0 Å². The molecule has 1 aromatic heterocycles. The molecule has 3 rings (SSSR count). The third kappa shape index (κ3) is 2.40. The van der Waals surface area contributed by atoms with Crippen molar-refractivity contribution in [3.05, 3.63) is 65.6 Å². The number of carbonyl (C=O) groups excluding carboxylic acids is 1. The smallest absolute Gasteiger partial charge is 0.198 e. The number of ether oxygens (including phenoxy) is 1. The molecule has 0 amide bonds. The number of fused-ring (bicyclic) bond motifs is 1. The van der Waals surface area contributed by atoms with Crippen molar-refractivity contribution < 1.29 is 13.9 Å². The minimum Gasteiger partial charge on any atom is -0.493 e. The van der Waals surface area contributed by atoms with Gasteiger partial charge in [0.15, 0.2) is 5.78 Å². The summed E-state index contributed by atoms with van der Waals surface area (Å²) in [6.45, 7) is 2.34. The van der Waals surface area contributed by atoms with Crippen molar-refractivity contribution in [3.8, 4) is 5.75 Å². The number of para-hydroxylation sites is 1. The quantitative estimate of drug-likeness (QED) is 0.737. The van der Waals surface area contributed by atoms with Crippen LogP contribution in [0.2, 0.25) is 0 Å². The van der Waals surface area contributed by atoms with Crippen LogP contribution in [0, 0.1) is 5.82 Å². The second kappa shape index (κ2) is 5.40. The van der Waals surface area contributed by atoms with Gasteiger partial charge in [0.25, 0.3) is 0 Å². The number of halogens is 1. The van der Waals surface area contributed by atoms with E-state index in [4.69, 9.17) is 4.74 Å². The minimum atomic E-state index is -0.366. The van der Waals surface area contributed by atoms with Crippen molar-refractivity contribution in [1.29, 1.82) is 0 Å². The summed E-state index contributed by atoms with van der Waals surface area (Å²) in [5.74, 6) is -0.0131. The molecule has 3 aromatic rings. The van der Waals surface area contributed by atoms with Crippen molar-refractivity contribution >= 4 is 16.7 Å². The Morgan fingerprint density at radius 3 is 2.81 bits per heavy atom. The van der Waals surface area contributed by atoms with Crippen LogP contribution in [0.3, 0.4) is 0 Å². The molecule has 0 bridgehead atoms. The van der Waals surface area contributed by atoms with E-state index < -0.39 is 0 Å². The van der Waals surface area contributed by atoms with Crippen LogP contribution in [-0.4, -0.2) is 17.4 Å². The normalized spacial score (nSPS) is 10.8. The molecule has 0 aliphatic carbocycles. The number of ketones is 1. The Balaban J connectivity index is 2.11. The van der Waals surface area contributed by atoms with Gasteiger partial charge in [0, 0.05) is 22.7 Å². The summed E-state index contributed by atoms with van der Waals surface area (Å²) < 4.78 is 18.9. The maximum absolute atomic E-state index is 13.4. The number of benzene rings is 2. The van der Waals surface area contributed by atoms with Gasteiger partial charge in [-0.05, 0) is 37.3 Å². The van der Waals surface area contributed by atoms with Gasteiger partial charge in [-0.15, -0.1) is 0 Å². The van der Waals surface area contributed by atoms with E-state index in [1.54, 1.807) is 30.5 Å². The highest BCUT2D eigenvalue weighted by Gasteiger charge is 2.18. The Hall–Kier alpha value is -2.62. The second-order valence-electron chi connectivity index (χ2n) is 4.65. The Bertz CT molecular complexity index is 807. The number of hydrogen-bond donors (Lipinski definition) is 1. The molecule has 2 aromatic carbocycles. The van der Waals surface area contributed by atoms with Crippen molar-refractivity contribution in [3.63, 3.8) is 0 Å². The van der Waals surface area contributed by atoms with Crippen molar-refractivity contribution in [2.24, 2.45) is 0 Å². The molecule has 1 heterocycles. The molecular formula is C17H14FNO2. The van der Waals surface area contributed by atoms with Crippen LogP contribution in [0.15, 0.2) is 48.7 Å². The Kier molecular flexibility index (Phi) is 3.44. The summed E-state index contributed by atoms with van der Waals surface area (Å²) in [5, 5.41) is 0.575. The zero-order valence-corrected chi connectivity index (χ0v) is 11.5. The molecule has 0 aliphatic rings. The summed E-state index contributed by atoms with van der Waals surface area (Å²) in [7, 11) is 0. The third-order valence-electron chi connectivity index (χ3n) is 3.32. The summed E-state index contributed by atoms with van der Waals surface area (Å²) >= 11 is 0. The summed E-state index contributed by atoms with van der Waals surface area (Å²) in [5.41, 5.74) is 1.65. The monoisotopic (exact) mass is 283 g/mol. The zero-order chi connectivity index (χ0) is 14.8. The molecule has 0 saturated heterocycles. The molecule has 0 fully saturated rings. The highest BCUT2D eigenvalue weighted by molar-refractivity contribution is 6.17. The molecule has 4 heteroatoms. The fraction of sp³-hybridized carbons (Fsp3) is 0.118. The van der Waals surface area contributed by atoms with Gasteiger partial charge in [-0.3, -0.25) is 4.79 Å². The molecule has 0 unspecified atom stereocenters. The van der Waals surface area contributed by atoms with Crippen LogP contribution in [-0.2, 0) is 0 Å². The van der Waals surface area contributed by atoms with Gasteiger partial charge in [0.1, 0.15) is 11.6 Å². The van der Waals surface area contributed by atoms with Gasteiger partial charge < -0.3 is 9.72 Å². The summed E-state index contributed by atoms with van der Waals surface area (Å²) in [4.78, 5) is 15.7.